The summed E-state index contributed by atoms with van der Waals surface area (Å²) in [6.45, 7) is 4.51. The molecule has 1 N–H and O–H groups in total. The van der Waals surface area contributed by atoms with Gasteiger partial charge in [-0.05, 0) is 60.4 Å². The molecule has 1 amide bonds. The van der Waals surface area contributed by atoms with Crippen molar-refractivity contribution in [3.63, 3.8) is 0 Å². The first-order chi connectivity index (χ1) is 14.0. The van der Waals surface area contributed by atoms with Crippen molar-refractivity contribution in [3.05, 3.63) is 99.6 Å². The number of carbonyl (C=O) groups excluding carboxylic acids is 1. The van der Waals surface area contributed by atoms with E-state index in [0.717, 1.165) is 16.7 Å². The van der Waals surface area contributed by atoms with E-state index in [1.54, 1.807) is 6.21 Å². The molecule has 0 spiro atoms. The maximum absolute atomic E-state index is 12.2. The molecule has 0 aliphatic carbocycles. The van der Waals surface area contributed by atoms with Gasteiger partial charge in [0.1, 0.15) is 12.4 Å². The van der Waals surface area contributed by atoms with Gasteiger partial charge in [0.05, 0.1) is 12.6 Å². The lowest BCUT2D eigenvalue weighted by Gasteiger charge is -2.09. The number of halogens is 1. The van der Waals surface area contributed by atoms with Gasteiger partial charge in [0.25, 0.3) is 0 Å². The summed E-state index contributed by atoms with van der Waals surface area (Å²) in [5.74, 6) is 0.527. The number of hydrogen-bond acceptors (Lipinski definition) is 3. The van der Waals surface area contributed by atoms with E-state index in [2.05, 4.69) is 17.5 Å². The summed E-state index contributed by atoms with van der Waals surface area (Å²) in [6.07, 6.45) is 1.88. The number of aryl methyl sites for hydroxylation is 2. The minimum atomic E-state index is -0.163. The number of amides is 1. The number of benzene rings is 3. The molecule has 29 heavy (non-hydrogen) atoms. The molecule has 0 heterocycles. The highest BCUT2D eigenvalue weighted by atomic mass is 35.5. The molecule has 0 radical (unpaired) electrons. The Balaban J connectivity index is 1.57. The third kappa shape index (κ3) is 6.19. The monoisotopic (exact) mass is 406 g/mol. The molecular formula is C24H23ClN2O2. The fraction of sp³-hybridized carbons (Fsp3) is 0.167. The molecule has 3 aromatic carbocycles. The van der Waals surface area contributed by atoms with Gasteiger partial charge in [0, 0.05) is 10.6 Å². The van der Waals surface area contributed by atoms with E-state index in [9.17, 15) is 4.79 Å². The van der Waals surface area contributed by atoms with Crippen LogP contribution in [-0.2, 0) is 17.8 Å². The van der Waals surface area contributed by atoms with Gasteiger partial charge in [-0.25, -0.2) is 5.43 Å². The number of carbonyl (C=O) groups is 1. The SMILES string of the molecule is Cc1ccc(CC(=O)N/N=C\c2ccccc2OCc2ccc(Cl)cc2)cc1C. The summed E-state index contributed by atoms with van der Waals surface area (Å²) in [7, 11) is 0. The third-order valence-corrected chi connectivity index (χ3v) is 4.81. The lowest BCUT2D eigenvalue weighted by atomic mass is 10.0. The smallest absolute Gasteiger partial charge is 0.244 e. The minimum absolute atomic E-state index is 0.163. The Morgan fingerprint density at radius 3 is 2.48 bits per heavy atom. The lowest BCUT2D eigenvalue weighted by Crippen LogP contribution is -2.19. The molecule has 0 fully saturated rings. The average Bonchev–Trinajstić information content (AvgIpc) is 2.71. The van der Waals surface area contributed by atoms with Gasteiger partial charge >= 0.3 is 0 Å². The minimum Gasteiger partial charge on any atom is -0.488 e. The predicted octanol–water partition coefficient (Wildman–Crippen LogP) is 5.23. The first-order valence-corrected chi connectivity index (χ1v) is 9.73. The zero-order valence-electron chi connectivity index (χ0n) is 16.5. The number of nitrogens with one attached hydrogen (secondary N) is 1. The highest BCUT2D eigenvalue weighted by molar-refractivity contribution is 6.30. The van der Waals surface area contributed by atoms with Crippen LogP contribution in [0.3, 0.4) is 0 Å². The number of ether oxygens (including phenoxy) is 1. The molecule has 0 atom stereocenters. The van der Waals surface area contributed by atoms with Gasteiger partial charge in [-0.2, -0.15) is 5.10 Å². The number of nitrogens with zero attached hydrogens (tertiary/aromatic N) is 1. The van der Waals surface area contributed by atoms with E-state index in [0.29, 0.717) is 17.4 Å². The van der Waals surface area contributed by atoms with E-state index in [-0.39, 0.29) is 12.3 Å². The molecule has 0 unspecified atom stereocenters. The van der Waals surface area contributed by atoms with Crippen LogP contribution < -0.4 is 10.2 Å². The number of rotatable bonds is 7. The van der Waals surface area contributed by atoms with Crippen LogP contribution in [0.5, 0.6) is 5.75 Å². The molecule has 0 aliphatic rings. The Hall–Kier alpha value is -3.11. The van der Waals surface area contributed by atoms with Gasteiger partial charge in [-0.15, -0.1) is 0 Å². The van der Waals surface area contributed by atoms with Crippen molar-refractivity contribution < 1.29 is 9.53 Å². The first kappa shape index (κ1) is 20.6. The van der Waals surface area contributed by atoms with Crippen LogP contribution >= 0.6 is 11.6 Å². The Kier molecular flexibility index (Phi) is 7.04. The molecule has 5 heteroatoms. The zero-order valence-corrected chi connectivity index (χ0v) is 17.2. The molecule has 3 rings (SSSR count). The fourth-order valence-electron chi connectivity index (χ4n) is 2.77. The first-order valence-electron chi connectivity index (χ1n) is 9.35. The van der Waals surface area contributed by atoms with Crippen molar-refractivity contribution in [1.29, 1.82) is 0 Å². The maximum atomic E-state index is 12.2. The Morgan fingerprint density at radius 2 is 1.72 bits per heavy atom. The molecular weight excluding hydrogens is 384 g/mol. The molecule has 3 aromatic rings. The summed E-state index contributed by atoms with van der Waals surface area (Å²) < 4.78 is 5.89. The highest BCUT2D eigenvalue weighted by Crippen LogP contribution is 2.18. The van der Waals surface area contributed by atoms with Crippen LogP contribution in [0.2, 0.25) is 5.02 Å². The van der Waals surface area contributed by atoms with Crippen LogP contribution in [0.4, 0.5) is 0 Å². The maximum Gasteiger partial charge on any atom is 0.244 e. The third-order valence-electron chi connectivity index (χ3n) is 4.56. The molecule has 0 saturated heterocycles. The van der Waals surface area contributed by atoms with Crippen LogP contribution in [0, 0.1) is 13.8 Å². The van der Waals surface area contributed by atoms with Crippen molar-refractivity contribution in [3.8, 4) is 5.75 Å². The van der Waals surface area contributed by atoms with E-state index in [1.807, 2.05) is 73.7 Å². The van der Waals surface area contributed by atoms with Crippen molar-refractivity contribution in [2.24, 2.45) is 5.10 Å². The molecule has 0 bridgehead atoms. The second-order valence-corrected chi connectivity index (χ2v) is 7.28. The summed E-state index contributed by atoms with van der Waals surface area (Å²) in [6, 6.07) is 21.1. The molecule has 0 aliphatic heterocycles. The van der Waals surface area contributed by atoms with Gasteiger partial charge < -0.3 is 4.74 Å². The fourth-order valence-corrected chi connectivity index (χ4v) is 2.90. The van der Waals surface area contributed by atoms with E-state index in [1.165, 1.54) is 11.1 Å². The normalized spacial score (nSPS) is 10.9. The second-order valence-electron chi connectivity index (χ2n) is 6.84. The van der Waals surface area contributed by atoms with Crippen LogP contribution in [0.1, 0.15) is 27.8 Å². The summed E-state index contributed by atoms with van der Waals surface area (Å²) in [5, 5.41) is 4.78. The molecule has 0 saturated carbocycles. The van der Waals surface area contributed by atoms with E-state index < -0.39 is 0 Å². The topological polar surface area (TPSA) is 50.7 Å². The standard InChI is InChI=1S/C24H23ClN2O2/c1-17-7-8-20(13-18(17)2)14-24(28)27-26-15-21-5-3-4-6-23(21)29-16-19-9-11-22(25)12-10-19/h3-13,15H,14,16H2,1-2H3,(H,27,28)/b26-15-. The van der Waals surface area contributed by atoms with Crippen molar-refractivity contribution in [2.75, 3.05) is 0 Å². The summed E-state index contributed by atoms with van der Waals surface area (Å²) in [5.41, 5.74) is 7.73. The second kappa shape index (κ2) is 9.89. The van der Waals surface area contributed by atoms with Crippen LogP contribution in [-0.4, -0.2) is 12.1 Å². The molecule has 4 nitrogen and oxygen atoms in total. The van der Waals surface area contributed by atoms with Gasteiger partial charge in [-0.1, -0.05) is 54.1 Å². The van der Waals surface area contributed by atoms with Crippen LogP contribution in [0.25, 0.3) is 0 Å². The zero-order chi connectivity index (χ0) is 20.6. The van der Waals surface area contributed by atoms with Gasteiger partial charge in [-0.3, -0.25) is 4.79 Å². The van der Waals surface area contributed by atoms with E-state index in [4.69, 9.17) is 16.3 Å². The highest BCUT2D eigenvalue weighted by Gasteiger charge is 2.05. The van der Waals surface area contributed by atoms with Crippen molar-refractivity contribution in [1.82, 2.24) is 5.43 Å². The lowest BCUT2D eigenvalue weighted by molar-refractivity contribution is -0.120. The Bertz CT molecular complexity index is 1010. The number of hydrazone groups is 1. The van der Waals surface area contributed by atoms with Gasteiger partial charge in [0.2, 0.25) is 5.91 Å². The largest absolute Gasteiger partial charge is 0.488 e. The van der Waals surface area contributed by atoms with Gasteiger partial charge in [0.15, 0.2) is 0 Å². The number of para-hydroxylation sites is 1. The molecule has 148 valence electrons. The molecule has 0 aromatic heterocycles. The Labute approximate surface area is 176 Å². The van der Waals surface area contributed by atoms with E-state index >= 15 is 0 Å². The van der Waals surface area contributed by atoms with Crippen LogP contribution in [0.15, 0.2) is 71.8 Å². The number of hydrogen-bond donors (Lipinski definition) is 1. The summed E-state index contributed by atoms with van der Waals surface area (Å²) >= 11 is 5.91. The van der Waals surface area contributed by atoms with Crippen molar-refractivity contribution in [2.45, 2.75) is 26.9 Å². The predicted molar refractivity (Wildman–Crippen MR) is 118 cm³/mol. The average molecular weight is 407 g/mol. The quantitative estimate of drug-likeness (QED) is 0.431. The van der Waals surface area contributed by atoms with Crippen molar-refractivity contribution >= 4 is 23.7 Å². The summed E-state index contributed by atoms with van der Waals surface area (Å²) in [4.78, 5) is 12.2. The Morgan fingerprint density at radius 1 is 1.00 bits per heavy atom.